The fourth-order valence-corrected chi connectivity index (χ4v) is 1.71. The van der Waals surface area contributed by atoms with E-state index in [1.807, 2.05) is 24.3 Å². The Bertz CT molecular complexity index is 335. The van der Waals surface area contributed by atoms with Gasteiger partial charge in [-0.2, -0.15) is 0 Å². The Morgan fingerprint density at radius 2 is 1.35 bits per heavy atom. The second kappa shape index (κ2) is 15.5. The van der Waals surface area contributed by atoms with Crippen LogP contribution in [0.4, 0.5) is 0 Å². The van der Waals surface area contributed by atoms with Gasteiger partial charge in [0.2, 0.25) is 0 Å². The first-order valence-electron chi connectivity index (χ1n) is 7.64. The van der Waals surface area contributed by atoms with Crippen molar-refractivity contribution in [2.24, 2.45) is 0 Å². The summed E-state index contributed by atoms with van der Waals surface area (Å²) in [6.07, 6.45) is 24.4. The van der Waals surface area contributed by atoms with E-state index < -0.39 is 5.97 Å². The largest absolute Gasteiger partial charge is 0.481 e. The molecule has 2 nitrogen and oxygen atoms in total. The molecular formula is C18H28O2. The van der Waals surface area contributed by atoms with Crippen LogP contribution in [0.3, 0.4) is 0 Å². The van der Waals surface area contributed by atoms with Crippen LogP contribution in [0.15, 0.2) is 48.6 Å². The van der Waals surface area contributed by atoms with Crippen LogP contribution in [-0.4, -0.2) is 11.1 Å². The second-order valence-corrected chi connectivity index (χ2v) is 4.73. The van der Waals surface area contributed by atoms with E-state index in [0.717, 1.165) is 32.1 Å². The van der Waals surface area contributed by atoms with Crippen LogP contribution >= 0.6 is 0 Å². The average Bonchev–Trinajstić information content (AvgIpc) is 2.43. The van der Waals surface area contributed by atoms with Crippen LogP contribution < -0.4 is 0 Å². The number of carbonyl (C=O) groups is 1. The van der Waals surface area contributed by atoms with Crippen molar-refractivity contribution in [1.82, 2.24) is 0 Å². The lowest BCUT2D eigenvalue weighted by Gasteiger charge is -1.97. The summed E-state index contributed by atoms with van der Waals surface area (Å²) in [6, 6.07) is 0. The minimum absolute atomic E-state index is 0.311. The molecule has 20 heavy (non-hydrogen) atoms. The van der Waals surface area contributed by atoms with Crippen LogP contribution in [0.25, 0.3) is 0 Å². The minimum Gasteiger partial charge on any atom is -0.481 e. The van der Waals surface area contributed by atoms with Gasteiger partial charge in [-0.3, -0.25) is 4.79 Å². The van der Waals surface area contributed by atoms with Gasteiger partial charge in [-0.1, -0.05) is 74.8 Å². The third-order valence-corrected chi connectivity index (χ3v) is 2.82. The smallest absolute Gasteiger partial charge is 0.303 e. The number of unbranched alkanes of at least 4 members (excludes halogenated alkanes) is 5. The number of hydrogen-bond donors (Lipinski definition) is 1. The van der Waals surface area contributed by atoms with Crippen LogP contribution in [-0.2, 0) is 4.79 Å². The van der Waals surface area contributed by atoms with Crippen molar-refractivity contribution < 1.29 is 9.90 Å². The number of aliphatic carboxylic acids is 1. The average molecular weight is 276 g/mol. The van der Waals surface area contributed by atoms with Crippen molar-refractivity contribution in [2.45, 2.75) is 58.3 Å². The molecule has 0 spiro atoms. The monoisotopic (exact) mass is 276 g/mol. The van der Waals surface area contributed by atoms with Gasteiger partial charge in [-0.05, 0) is 25.7 Å². The first-order valence-corrected chi connectivity index (χ1v) is 7.64. The number of carboxylic acids is 1. The summed E-state index contributed by atoms with van der Waals surface area (Å²) in [5, 5.41) is 8.49. The molecule has 0 bridgehead atoms. The number of carboxylic acid groups (broad SMARTS) is 1. The lowest BCUT2D eigenvalue weighted by atomic mass is 10.1. The Hall–Kier alpha value is -1.57. The zero-order chi connectivity index (χ0) is 14.9. The summed E-state index contributed by atoms with van der Waals surface area (Å²) in [5.74, 6) is -0.682. The molecule has 0 aliphatic carbocycles. The van der Waals surface area contributed by atoms with Crippen molar-refractivity contribution >= 4 is 5.97 Å². The molecule has 0 heterocycles. The first-order chi connectivity index (χ1) is 9.77. The minimum atomic E-state index is -0.682. The lowest BCUT2D eigenvalue weighted by molar-refractivity contribution is -0.137. The van der Waals surface area contributed by atoms with Crippen molar-refractivity contribution in [1.29, 1.82) is 0 Å². The van der Waals surface area contributed by atoms with Crippen molar-refractivity contribution in [3.63, 3.8) is 0 Å². The molecule has 0 saturated heterocycles. The molecule has 0 atom stereocenters. The lowest BCUT2D eigenvalue weighted by Crippen LogP contribution is -1.93. The molecule has 112 valence electrons. The highest BCUT2D eigenvalue weighted by Gasteiger charge is 1.95. The molecule has 2 heteroatoms. The quantitative estimate of drug-likeness (QED) is 0.381. The Labute approximate surface area is 123 Å². The maximum absolute atomic E-state index is 10.3. The summed E-state index contributed by atoms with van der Waals surface area (Å²) in [5.41, 5.74) is 0. The summed E-state index contributed by atoms with van der Waals surface area (Å²) >= 11 is 0. The van der Waals surface area contributed by atoms with Gasteiger partial charge in [0.05, 0.1) is 0 Å². The SMILES string of the molecule is CC\C=C/C=C\C=C/C=C/CCCCCCCC(=O)O. The maximum Gasteiger partial charge on any atom is 0.303 e. The van der Waals surface area contributed by atoms with Gasteiger partial charge in [0.1, 0.15) is 0 Å². The molecule has 0 fully saturated rings. The van der Waals surface area contributed by atoms with E-state index in [4.69, 9.17) is 5.11 Å². The van der Waals surface area contributed by atoms with E-state index in [-0.39, 0.29) is 0 Å². The van der Waals surface area contributed by atoms with Crippen molar-refractivity contribution in [3.8, 4) is 0 Å². The second-order valence-electron chi connectivity index (χ2n) is 4.73. The standard InChI is InChI=1S/C18H28O2/c1-2-3-4-5-6-7-8-9-10-11-12-13-14-15-16-17-18(19)20/h3-10H,2,11-17H2,1H3,(H,19,20)/b4-3-,6-5-,8-7-,10-9+. The summed E-state index contributed by atoms with van der Waals surface area (Å²) in [4.78, 5) is 10.3. The van der Waals surface area contributed by atoms with Gasteiger partial charge in [0.15, 0.2) is 0 Å². The third kappa shape index (κ3) is 16.4. The molecule has 0 saturated carbocycles. The zero-order valence-electron chi connectivity index (χ0n) is 12.6. The van der Waals surface area contributed by atoms with Crippen molar-refractivity contribution in [3.05, 3.63) is 48.6 Å². The Balaban J connectivity index is 3.35. The molecule has 0 rings (SSSR count). The van der Waals surface area contributed by atoms with Gasteiger partial charge in [-0.25, -0.2) is 0 Å². The highest BCUT2D eigenvalue weighted by atomic mass is 16.4. The number of hydrogen-bond acceptors (Lipinski definition) is 1. The molecular weight excluding hydrogens is 248 g/mol. The Morgan fingerprint density at radius 3 is 2.00 bits per heavy atom. The molecule has 0 amide bonds. The van der Waals surface area contributed by atoms with Gasteiger partial charge in [-0.15, -0.1) is 0 Å². The van der Waals surface area contributed by atoms with Gasteiger partial charge in [0, 0.05) is 6.42 Å². The summed E-state index contributed by atoms with van der Waals surface area (Å²) < 4.78 is 0. The van der Waals surface area contributed by atoms with E-state index in [1.165, 1.54) is 12.8 Å². The van der Waals surface area contributed by atoms with E-state index in [0.29, 0.717) is 6.42 Å². The first kappa shape index (κ1) is 18.4. The number of rotatable bonds is 12. The van der Waals surface area contributed by atoms with Gasteiger partial charge in [0.25, 0.3) is 0 Å². The molecule has 0 unspecified atom stereocenters. The van der Waals surface area contributed by atoms with E-state index in [9.17, 15) is 4.79 Å². The van der Waals surface area contributed by atoms with Crippen LogP contribution in [0.5, 0.6) is 0 Å². The van der Waals surface area contributed by atoms with Gasteiger partial charge >= 0.3 is 5.97 Å². The Morgan fingerprint density at radius 1 is 0.800 bits per heavy atom. The fraction of sp³-hybridized carbons (Fsp3) is 0.500. The normalized spacial score (nSPS) is 12.4. The van der Waals surface area contributed by atoms with Crippen LogP contribution in [0.1, 0.15) is 58.3 Å². The predicted molar refractivity (Wildman–Crippen MR) is 86.8 cm³/mol. The van der Waals surface area contributed by atoms with E-state index in [2.05, 4.69) is 31.2 Å². The van der Waals surface area contributed by atoms with Crippen LogP contribution in [0.2, 0.25) is 0 Å². The molecule has 0 aromatic carbocycles. The molecule has 0 radical (unpaired) electrons. The molecule has 0 aliphatic rings. The summed E-state index contributed by atoms with van der Waals surface area (Å²) in [6.45, 7) is 2.12. The number of allylic oxidation sites excluding steroid dienone is 8. The van der Waals surface area contributed by atoms with E-state index in [1.54, 1.807) is 0 Å². The molecule has 0 aromatic heterocycles. The van der Waals surface area contributed by atoms with Crippen molar-refractivity contribution in [2.75, 3.05) is 0 Å². The highest BCUT2D eigenvalue weighted by molar-refractivity contribution is 5.66. The van der Waals surface area contributed by atoms with Gasteiger partial charge < -0.3 is 5.11 Å². The molecule has 0 aromatic rings. The van der Waals surface area contributed by atoms with E-state index >= 15 is 0 Å². The zero-order valence-corrected chi connectivity index (χ0v) is 12.6. The van der Waals surface area contributed by atoms with Crippen LogP contribution in [0, 0.1) is 0 Å². The maximum atomic E-state index is 10.3. The molecule has 1 N–H and O–H groups in total. The third-order valence-electron chi connectivity index (χ3n) is 2.82. The Kier molecular flexibility index (Phi) is 14.3. The molecule has 0 aliphatic heterocycles. The highest BCUT2D eigenvalue weighted by Crippen LogP contribution is 2.07. The fourth-order valence-electron chi connectivity index (χ4n) is 1.71. The summed E-state index contributed by atoms with van der Waals surface area (Å²) in [7, 11) is 0. The topological polar surface area (TPSA) is 37.3 Å². The predicted octanol–water partition coefficient (Wildman–Crippen LogP) is 5.44.